The molecular formula is C12H15ClFN3O. The minimum Gasteiger partial charge on any atom is -0.381 e. The molecule has 0 atom stereocenters. The van der Waals surface area contributed by atoms with Crippen LogP contribution in [-0.4, -0.2) is 30.1 Å². The van der Waals surface area contributed by atoms with E-state index in [4.69, 9.17) is 17.3 Å². The Kier molecular flexibility index (Phi) is 3.91. The summed E-state index contributed by atoms with van der Waals surface area (Å²) in [4.78, 5) is 12.6. The second-order valence-electron chi connectivity index (χ2n) is 4.37. The molecule has 0 aliphatic carbocycles. The van der Waals surface area contributed by atoms with Crippen molar-refractivity contribution >= 4 is 23.3 Å². The molecule has 0 radical (unpaired) electrons. The molecule has 2 amide bonds. The first-order valence-corrected chi connectivity index (χ1v) is 6.20. The average molecular weight is 272 g/mol. The molecule has 1 aliphatic rings. The van der Waals surface area contributed by atoms with Gasteiger partial charge < -0.3 is 16.0 Å². The molecule has 1 aliphatic heterocycles. The third kappa shape index (κ3) is 3.04. The lowest BCUT2D eigenvalue weighted by Gasteiger charge is -2.31. The molecule has 0 unspecified atom stereocenters. The highest BCUT2D eigenvalue weighted by molar-refractivity contribution is 6.33. The van der Waals surface area contributed by atoms with Crippen LogP contribution < -0.4 is 11.1 Å². The van der Waals surface area contributed by atoms with Gasteiger partial charge in [-0.1, -0.05) is 11.6 Å². The van der Waals surface area contributed by atoms with E-state index < -0.39 is 0 Å². The number of anilines is 1. The van der Waals surface area contributed by atoms with E-state index in [0.29, 0.717) is 18.1 Å². The van der Waals surface area contributed by atoms with Crippen molar-refractivity contribution in [3.05, 3.63) is 29.0 Å². The number of likely N-dealkylation sites (tertiary alicyclic amines) is 1. The molecule has 0 saturated carbocycles. The number of hydrogen-bond acceptors (Lipinski definition) is 2. The highest BCUT2D eigenvalue weighted by atomic mass is 35.5. The zero-order chi connectivity index (χ0) is 13.1. The lowest BCUT2D eigenvalue weighted by molar-refractivity contribution is 0.193. The first-order valence-electron chi connectivity index (χ1n) is 5.82. The summed E-state index contributed by atoms with van der Waals surface area (Å²) in [6.45, 7) is 1.26. The molecule has 1 aromatic rings. The topological polar surface area (TPSA) is 58.4 Å². The molecule has 1 saturated heterocycles. The zero-order valence-corrected chi connectivity index (χ0v) is 10.6. The summed E-state index contributed by atoms with van der Waals surface area (Å²) >= 11 is 5.94. The number of nitrogens with two attached hydrogens (primary N) is 1. The summed E-state index contributed by atoms with van der Waals surface area (Å²) in [6, 6.07) is 4.12. The third-order valence-corrected chi connectivity index (χ3v) is 3.41. The van der Waals surface area contributed by atoms with E-state index >= 15 is 0 Å². The smallest absolute Gasteiger partial charge is 0.314 e. The Morgan fingerprint density at radius 2 is 2.11 bits per heavy atom. The number of amides is 2. The summed E-state index contributed by atoms with van der Waals surface area (Å²) in [6.07, 6.45) is 1.60. The van der Waals surface area contributed by atoms with Crippen LogP contribution in [0.1, 0.15) is 12.8 Å². The lowest BCUT2D eigenvalue weighted by atomic mass is 10.0. The van der Waals surface area contributed by atoms with Gasteiger partial charge in [0.2, 0.25) is 0 Å². The van der Waals surface area contributed by atoms with Gasteiger partial charge in [0.1, 0.15) is 5.82 Å². The molecule has 1 aromatic carbocycles. The summed E-state index contributed by atoms with van der Waals surface area (Å²) in [5.41, 5.74) is 5.93. The molecule has 2 rings (SSSR count). The number of nitrogens with zero attached hydrogens (tertiary/aromatic N) is 1. The fourth-order valence-electron chi connectivity index (χ4n) is 2.07. The Labute approximate surface area is 110 Å². The van der Waals surface area contributed by atoms with Crippen molar-refractivity contribution in [2.24, 2.45) is 5.73 Å². The molecule has 3 N–H and O–H groups in total. The normalized spacial score (nSPS) is 16.7. The van der Waals surface area contributed by atoms with Crippen molar-refractivity contribution < 1.29 is 9.18 Å². The van der Waals surface area contributed by atoms with Crippen molar-refractivity contribution in [2.45, 2.75) is 18.9 Å². The molecular weight excluding hydrogens is 257 g/mol. The Hall–Kier alpha value is -1.49. The largest absolute Gasteiger partial charge is 0.381 e. The van der Waals surface area contributed by atoms with Crippen molar-refractivity contribution in [1.82, 2.24) is 4.90 Å². The van der Waals surface area contributed by atoms with Crippen LogP contribution in [0.15, 0.2) is 18.2 Å². The molecule has 1 heterocycles. The van der Waals surface area contributed by atoms with Crippen molar-refractivity contribution in [3.63, 3.8) is 0 Å². The maximum atomic E-state index is 12.9. The lowest BCUT2D eigenvalue weighted by Crippen LogP contribution is -2.44. The Balaban J connectivity index is 1.93. The zero-order valence-electron chi connectivity index (χ0n) is 9.83. The van der Waals surface area contributed by atoms with Gasteiger partial charge in [-0.3, -0.25) is 0 Å². The molecule has 18 heavy (non-hydrogen) atoms. The number of halogens is 2. The van der Waals surface area contributed by atoms with Gasteiger partial charge >= 0.3 is 6.03 Å². The number of benzene rings is 1. The van der Waals surface area contributed by atoms with Crippen LogP contribution in [0.4, 0.5) is 14.9 Å². The highest BCUT2D eigenvalue weighted by Gasteiger charge is 2.21. The van der Waals surface area contributed by atoms with Gasteiger partial charge in [0.05, 0.1) is 10.7 Å². The second kappa shape index (κ2) is 5.44. The minimum atomic E-state index is -0.381. The van der Waals surface area contributed by atoms with Crippen LogP contribution in [0.5, 0.6) is 0 Å². The number of nitrogens with one attached hydrogen (secondary N) is 1. The Bertz CT molecular complexity index is 447. The SMILES string of the molecule is NC(=O)N1CCC(Nc2ccc(F)cc2Cl)CC1. The second-order valence-corrected chi connectivity index (χ2v) is 4.78. The summed E-state index contributed by atoms with van der Waals surface area (Å²) in [5, 5.41) is 3.63. The standard InChI is InChI=1S/C12H15ClFN3O/c13-10-7-8(14)1-2-11(10)16-9-3-5-17(6-4-9)12(15)18/h1-2,7,9,16H,3-6H2,(H2,15,18). The van der Waals surface area contributed by atoms with Crippen LogP contribution in [-0.2, 0) is 0 Å². The Morgan fingerprint density at radius 1 is 1.44 bits per heavy atom. The number of primary amides is 1. The van der Waals surface area contributed by atoms with Gasteiger partial charge in [-0.05, 0) is 31.0 Å². The summed E-state index contributed by atoms with van der Waals surface area (Å²) in [7, 11) is 0. The van der Waals surface area contributed by atoms with Crippen LogP contribution in [0.3, 0.4) is 0 Å². The van der Waals surface area contributed by atoms with Crippen LogP contribution >= 0.6 is 11.6 Å². The van der Waals surface area contributed by atoms with Gasteiger partial charge in [-0.15, -0.1) is 0 Å². The predicted octanol–water partition coefficient (Wildman–Crippen LogP) is 2.43. The Morgan fingerprint density at radius 3 is 2.67 bits per heavy atom. The fourth-order valence-corrected chi connectivity index (χ4v) is 2.29. The number of hydrogen-bond donors (Lipinski definition) is 2. The number of carbonyl (C=O) groups is 1. The number of rotatable bonds is 2. The van der Waals surface area contributed by atoms with Gasteiger partial charge in [0.25, 0.3) is 0 Å². The van der Waals surface area contributed by atoms with E-state index in [9.17, 15) is 9.18 Å². The first kappa shape index (κ1) is 13.0. The third-order valence-electron chi connectivity index (χ3n) is 3.10. The number of carbonyl (C=O) groups excluding carboxylic acids is 1. The molecule has 0 aromatic heterocycles. The highest BCUT2D eigenvalue weighted by Crippen LogP contribution is 2.25. The maximum Gasteiger partial charge on any atom is 0.314 e. The summed E-state index contributed by atoms with van der Waals surface area (Å²) in [5.74, 6) is -0.353. The average Bonchev–Trinajstić information content (AvgIpc) is 2.33. The summed E-state index contributed by atoms with van der Waals surface area (Å²) < 4.78 is 12.9. The van der Waals surface area contributed by atoms with Gasteiger partial charge in [0, 0.05) is 19.1 Å². The predicted molar refractivity (Wildman–Crippen MR) is 69.2 cm³/mol. The molecule has 1 fully saturated rings. The monoisotopic (exact) mass is 271 g/mol. The minimum absolute atomic E-state index is 0.226. The molecule has 0 bridgehead atoms. The first-order chi connectivity index (χ1) is 8.56. The molecule has 4 nitrogen and oxygen atoms in total. The van der Waals surface area contributed by atoms with Crippen LogP contribution in [0, 0.1) is 5.82 Å². The van der Waals surface area contributed by atoms with Gasteiger partial charge in [0.15, 0.2) is 0 Å². The van der Waals surface area contributed by atoms with E-state index in [2.05, 4.69) is 5.32 Å². The van der Waals surface area contributed by atoms with Crippen molar-refractivity contribution in [3.8, 4) is 0 Å². The van der Waals surface area contributed by atoms with Gasteiger partial charge in [-0.2, -0.15) is 0 Å². The van der Waals surface area contributed by atoms with E-state index in [1.807, 2.05) is 0 Å². The fraction of sp³-hybridized carbons (Fsp3) is 0.417. The van der Waals surface area contributed by atoms with Crippen LogP contribution in [0.25, 0.3) is 0 Å². The maximum absolute atomic E-state index is 12.9. The van der Waals surface area contributed by atoms with Gasteiger partial charge in [-0.25, -0.2) is 9.18 Å². The number of piperidine rings is 1. The van der Waals surface area contributed by atoms with E-state index in [0.717, 1.165) is 18.5 Å². The van der Waals surface area contributed by atoms with E-state index in [1.54, 1.807) is 11.0 Å². The molecule has 0 spiro atoms. The molecule has 98 valence electrons. The van der Waals surface area contributed by atoms with E-state index in [1.165, 1.54) is 12.1 Å². The van der Waals surface area contributed by atoms with Crippen molar-refractivity contribution in [2.75, 3.05) is 18.4 Å². The van der Waals surface area contributed by atoms with E-state index in [-0.39, 0.29) is 17.9 Å². The van der Waals surface area contributed by atoms with Crippen LogP contribution in [0.2, 0.25) is 5.02 Å². The number of urea groups is 1. The molecule has 6 heteroatoms. The quantitative estimate of drug-likeness (QED) is 0.868. The van der Waals surface area contributed by atoms with Crippen molar-refractivity contribution in [1.29, 1.82) is 0 Å².